The first-order chi connectivity index (χ1) is 16.0. The van der Waals surface area contributed by atoms with Crippen LogP contribution in [-0.2, 0) is 9.53 Å². The number of Topliss-reactive ketones (excluding diaryl/α,β-unsaturated/α-hetero) is 1. The number of benzene rings is 2. The highest BCUT2D eigenvalue weighted by Gasteiger charge is 2.30. The lowest BCUT2D eigenvalue weighted by atomic mass is 9.85. The molecule has 1 aliphatic heterocycles. The van der Waals surface area contributed by atoms with Gasteiger partial charge in [0.05, 0.1) is 14.2 Å². The van der Waals surface area contributed by atoms with Crippen LogP contribution in [0, 0.1) is 17.1 Å². The number of hydrogen-bond donors (Lipinski definition) is 3. The number of rotatable bonds is 10. The predicted octanol–water partition coefficient (Wildman–Crippen LogP) is 4.11. The number of allylic oxidation sites excluding steroid dienone is 1. The van der Waals surface area contributed by atoms with Crippen LogP contribution in [0.5, 0.6) is 11.5 Å². The number of hydrogen-bond acceptors (Lipinski definition) is 7. The van der Waals surface area contributed by atoms with E-state index in [1.165, 1.54) is 12.1 Å². The molecule has 33 heavy (non-hydrogen) atoms. The van der Waals surface area contributed by atoms with Gasteiger partial charge in [-0.2, -0.15) is 0 Å². The Morgan fingerprint density at radius 2 is 1.73 bits per heavy atom. The second-order valence-electron chi connectivity index (χ2n) is 7.74. The summed E-state index contributed by atoms with van der Waals surface area (Å²) in [6.07, 6.45) is 3.20. The van der Waals surface area contributed by atoms with Gasteiger partial charge in [-0.3, -0.25) is 10.2 Å². The summed E-state index contributed by atoms with van der Waals surface area (Å²) in [6.45, 7) is 1.19. The summed E-state index contributed by atoms with van der Waals surface area (Å²) in [5, 5.41) is 14.9. The van der Waals surface area contributed by atoms with Gasteiger partial charge in [0.2, 0.25) is 5.78 Å². The summed E-state index contributed by atoms with van der Waals surface area (Å²) in [6, 6.07) is 9.98. The molecular formula is C25H30FN3O4. The van der Waals surface area contributed by atoms with E-state index in [0.717, 1.165) is 12.8 Å². The number of methoxy groups -OCH3 is 2. The maximum Gasteiger partial charge on any atom is 0.207 e. The number of carbonyl (C=O) groups is 1. The number of ether oxygens (including phenoxy) is 3. The van der Waals surface area contributed by atoms with Gasteiger partial charge in [0.1, 0.15) is 29.1 Å². The van der Waals surface area contributed by atoms with Crippen molar-refractivity contribution >= 4 is 17.2 Å². The molecule has 1 atom stereocenters. The van der Waals surface area contributed by atoms with Crippen molar-refractivity contribution in [3.63, 3.8) is 0 Å². The molecule has 2 aromatic rings. The largest absolute Gasteiger partial charge is 0.497 e. The first-order valence-corrected chi connectivity index (χ1v) is 10.8. The van der Waals surface area contributed by atoms with E-state index in [1.807, 2.05) is 0 Å². The van der Waals surface area contributed by atoms with Crippen LogP contribution in [0.4, 0.5) is 10.1 Å². The molecule has 7 nitrogen and oxygen atoms in total. The molecule has 176 valence electrons. The fraction of sp³-hybridized carbons (Fsp3) is 0.360. The summed E-state index contributed by atoms with van der Waals surface area (Å²) >= 11 is 0. The SMILES string of the molecule is CN/C=C(\C(=N)C(=O)C(Nc1cc(OC)cc(OC)c1)c1ccc(F)cc1)C1CCOCC1. The summed E-state index contributed by atoms with van der Waals surface area (Å²) in [5.41, 5.74) is 1.67. The minimum atomic E-state index is -0.907. The molecular weight excluding hydrogens is 425 g/mol. The van der Waals surface area contributed by atoms with Gasteiger partial charge >= 0.3 is 0 Å². The summed E-state index contributed by atoms with van der Waals surface area (Å²) in [4.78, 5) is 13.7. The average Bonchev–Trinajstić information content (AvgIpc) is 2.86. The Kier molecular flexibility index (Phi) is 8.43. The van der Waals surface area contributed by atoms with E-state index in [-0.39, 0.29) is 11.6 Å². The molecule has 0 bridgehead atoms. The van der Waals surface area contributed by atoms with E-state index >= 15 is 0 Å². The first-order valence-electron chi connectivity index (χ1n) is 10.8. The molecule has 0 spiro atoms. The van der Waals surface area contributed by atoms with E-state index in [2.05, 4.69) is 10.6 Å². The third kappa shape index (κ3) is 6.10. The van der Waals surface area contributed by atoms with E-state index in [0.29, 0.717) is 41.5 Å². The van der Waals surface area contributed by atoms with Gasteiger partial charge in [-0.1, -0.05) is 12.1 Å². The number of nitrogens with one attached hydrogen (secondary N) is 3. The standard InChI is InChI=1S/C25H30FN3O4/c1-28-15-22(16-8-10-33-11-9-16)23(27)25(30)24(17-4-6-18(26)7-5-17)29-19-12-20(31-2)14-21(13-19)32-3/h4-7,12-16,24,27-29H,8-11H2,1-3H3/b22-15-,27-23?. The second-order valence-corrected chi connectivity index (χ2v) is 7.74. The van der Waals surface area contributed by atoms with Gasteiger partial charge in [-0.15, -0.1) is 0 Å². The molecule has 1 heterocycles. The highest BCUT2D eigenvalue weighted by molar-refractivity contribution is 6.47. The molecule has 0 radical (unpaired) electrons. The minimum absolute atomic E-state index is 0.0495. The fourth-order valence-electron chi connectivity index (χ4n) is 3.86. The Morgan fingerprint density at radius 3 is 2.27 bits per heavy atom. The molecule has 8 heteroatoms. The van der Waals surface area contributed by atoms with Gasteiger partial charge < -0.3 is 24.8 Å². The summed E-state index contributed by atoms with van der Waals surface area (Å²) < 4.78 is 29.7. The van der Waals surface area contributed by atoms with Crippen molar-refractivity contribution in [2.45, 2.75) is 18.9 Å². The lowest BCUT2D eigenvalue weighted by Crippen LogP contribution is -2.32. The molecule has 1 fully saturated rings. The van der Waals surface area contributed by atoms with Gasteiger partial charge in [0.15, 0.2) is 0 Å². The maximum absolute atomic E-state index is 13.7. The molecule has 3 rings (SSSR count). The van der Waals surface area contributed by atoms with Crippen LogP contribution < -0.4 is 20.1 Å². The number of ketones is 1. The summed E-state index contributed by atoms with van der Waals surface area (Å²) in [7, 11) is 4.83. The van der Waals surface area contributed by atoms with Crippen molar-refractivity contribution in [2.75, 3.05) is 39.8 Å². The minimum Gasteiger partial charge on any atom is -0.497 e. The van der Waals surface area contributed by atoms with Crippen LogP contribution in [-0.4, -0.2) is 46.0 Å². The lowest BCUT2D eigenvalue weighted by molar-refractivity contribution is -0.113. The molecule has 3 N–H and O–H groups in total. The van der Waals surface area contributed by atoms with Crippen LogP contribution in [0.1, 0.15) is 24.4 Å². The monoisotopic (exact) mass is 455 g/mol. The number of halogens is 1. The third-order valence-corrected chi connectivity index (χ3v) is 5.62. The Bertz CT molecular complexity index is 979. The van der Waals surface area contributed by atoms with Crippen molar-refractivity contribution < 1.29 is 23.4 Å². The number of carbonyl (C=O) groups excluding carboxylic acids is 1. The zero-order valence-electron chi connectivity index (χ0n) is 19.1. The number of anilines is 1. The molecule has 0 aliphatic carbocycles. The van der Waals surface area contributed by atoms with Gasteiger partial charge in [-0.25, -0.2) is 4.39 Å². The van der Waals surface area contributed by atoms with E-state index in [9.17, 15) is 9.18 Å². The van der Waals surface area contributed by atoms with Gasteiger partial charge in [0, 0.05) is 50.3 Å². The van der Waals surface area contributed by atoms with Crippen molar-refractivity contribution in [3.05, 3.63) is 65.6 Å². The normalized spacial score (nSPS) is 15.5. The Balaban J connectivity index is 1.96. The zero-order chi connectivity index (χ0) is 23.8. The fourth-order valence-corrected chi connectivity index (χ4v) is 3.86. The molecule has 1 aliphatic rings. The molecule has 0 amide bonds. The Labute approximate surface area is 193 Å². The Morgan fingerprint density at radius 1 is 1.12 bits per heavy atom. The molecule has 1 unspecified atom stereocenters. The maximum atomic E-state index is 13.7. The molecule has 0 saturated carbocycles. The van der Waals surface area contributed by atoms with E-state index in [1.54, 1.807) is 57.8 Å². The van der Waals surface area contributed by atoms with Crippen molar-refractivity contribution in [1.29, 1.82) is 5.41 Å². The smallest absolute Gasteiger partial charge is 0.207 e. The summed E-state index contributed by atoms with van der Waals surface area (Å²) in [5.74, 6) is 0.330. The van der Waals surface area contributed by atoms with Crippen LogP contribution >= 0.6 is 0 Å². The molecule has 0 aromatic heterocycles. The van der Waals surface area contributed by atoms with Crippen molar-refractivity contribution in [3.8, 4) is 11.5 Å². The van der Waals surface area contributed by atoms with Gasteiger partial charge in [-0.05, 0) is 42.0 Å². The van der Waals surface area contributed by atoms with Crippen LogP contribution in [0.3, 0.4) is 0 Å². The van der Waals surface area contributed by atoms with Crippen LogP contribution in [0.15, 0.2) is 54.2 Å². The predicted molar refractivity (Wildman–Crippen MR) is 126 cm³/mol. The highest BCUT2D eigenvalue weighted by atomic mass is 19.1. The van der Waals surface area contributed by atoms with Crippen molar-refractivity contribution in [1.82, 2.24) is 5.32 Å². The highest BCUT2D eigenvalue weighted by Crippen LogP contribution is 2.31. The molecule has 2 aromatic carbocycles. The van der Waals surface area contributed by atoms with Crippen LogP contribution in [0.2, 0.25) is 0 Å². The quantitative estimate of drug-likeness (QED) is 0.467. The lowest BCUT2D eigenvalue weighted by Gasteiger charge is -2.27. The van der Waals surface area contributed by atoms with Crippen LogP contribution in [0.25, 0.3) is 0 Å². The second kappa shape index (κ2) is 11.5. The third-order valence-electron chi connectivity index (χ3n) is 5.62. The first kappa shape index (κ1) is 24.3. The van der Waals surface area contributed by atoms with Gasteiger partial charge in [0.25, 0.3) is 0 Å². The average molecular weight is 456 g/mol. The van der Waals surface area contributed by atoms with Crippen molar-refractivity contribution in [2.24, 2.45) is 5.92 Å². The topological polar surface area (TPSA) is 92.7 Å². The zero-order valence-corrected chi connectivity index (χ0v) is 19.1. The Hall–Kier alpha value is -3.39. The van der Waals surface area contributed by atoms with E-state index in [4.69, 9.17) is 19.6 Å². The van der Waals surface area contributed by atoms with E-state index < -0.39 is 17.6 Å². The molecule has 1 saturated heterocycles.